The molecule has 0 bridgehead atoms. The summed E-state index contributed by atoms with van der Waals surface area (Å²) < 4.78 is 27.0. The summed E-state index contributed by atoms with van der Waals surface area (Å²) in [7, 11) is 0. The molecule has 0 aliphatic rings. The van der Waals surface area contributed by atoms with Crippen molar-refractivity contribution in [3.63, 3.8) is 0 Å². The molecule has 0 unspecified atom stereocenters. The molecule has 6 heteroatoms. The van der Waals surface area contributed by atoms with Crippen LogP contribution in [0.25, 0.3) is 0 Å². The predicted molar refractivity (Wildman–Crippen MR) is 77.6 cm³/mol. The van der Waals surface area contributed by atoms with Crippen molar-refractivity contribution in [1.82, 2.24) is 0 Å². The van der Waals surface area contributed by atoms with Crippen molar-refractivity contribution >= 4 is 33.2 Å². The van der Waals surface area contributed by atoms with Crippen LogP contribution < -0.4 is 11.1 Å². The van der Waals surface area contributed by atoms with Crippen LogP contribution in [0, 0.1) is 18.6 Å². The molecule has 20 heavy (non-hydrogen) atoms. The number of carbonyl (C=O) groups is 1. The normalized spacial score (nSPS) is 10.4. The Balaban J connectivity index is 2.35. The lowest BCUT2D eigenvalue weighted by molar-refractivity contribution is 0.102. The minimum Gasteiger partial charge on any atom is -0.398 e. The van der Waals surface area contributed by atoms with Gasteiger partial charge in [0.05, 0.1) is 15.7 Å². The largest absolute Gasteiger partial charge is 0.398 e. The summed E-state index contributed by atoms with van der Waals surface area (Å²) in [6.45, 7) is 1.71. The molecule has 0 atom stereocenters. The van der Waals surface area contributed by atoms with Gasteiger partial charge in [-0.25, -0.2) is 8.78 Å². The molecule has 0 spiro atoms. The van der Waals surface area contributed by atoms with E-state index in [1.165, 1.54) is 0 Å². The summed E-state index contributed by atoms with van der Waals surface area (Å²) in [5.74, 6) is -1.99. The first-order valence-corrected chi connectivity index (χ1v) is 6.50. The van der Waals surface area contributed by atoms with Crippen molar-refractivity contribution in [3.05, 3.63) is 57.6 Å². The SMILES string of the molecule is Cc1cccc(N)c1C(=O)Nc1cc(F)c(Br)cc1F. The maximum Gasteiger partial charge on any atom is 0.258 e. The van der Waals surface area contributed by atoms with Crippen molar-refractivity contribution in [1.29, 1.82) is 0 Å². The second-order valence-electron chi connectivity index (χ2n) is 4.24. The van der Waals surface area contributed by atoms with Crippen molar-refractivity contribution in [2.24, 2.45) is 0 Å². The zero-order valence-corrected chi connectivity index (χ0v) is 12.1. The molecule has 0 fully saturated rings. The monoisotopic (exact) mass is 340 g/mol. The molecule has 0 saturated heterocycles. The number of halogens is 3. The summed E-state index contributed by atoms with van der Waals surface area (Å²) in [6, 6.07) is 6.85. The summed E-state index contributed by atoms with van der Waals surface area (Å²) in [5.41, 5.74) is 6.67. The van der Waals surface area contributed by atoms with E-state index in [1.807, 2.05) is 0 Å². The number of benzene rings is 2. The molecule has 0 saturated carbocycles. The lowest BCUT2D eigenvalue weighted by atomic mass is 10.1. The van der Waals surface area contributed by atoms with Crippen molar-refractivity contribution in [2.45, 2.75) is 6.92 Å². The Morgan fingerprint density at radius 3 is 2.60 bits per heavy atom. The van der Waals surface area contributed by atoms with Gasteiger partial charge in [-0.2, -0.15) is 0 Å². The highest BCUT2D eigenvalue weighted by molar-refractivity contribution is 9.10. The minimum atomic E-state index is -0.737. The van der Waals surface area contributed by atoms with Crippen LogP contribution in [0.4, 0.5) is 20.2 Å². The Labute approximate surface area is 122 Å². The highest BCUT2D eigenvalue weighted by Gasteiger charge is 2.16. The number of carbonyl (C=O) groups excluding carboxylic acids is 1. The number of anilines is 2. The first kappa shape index (κ1) is 14.5. The number of rotatable bonds is 2. The fourth-order valence-corrected chi connectivity index (χ4v) is 2.12. The topological polar surface area (TPSA) is 55.1 Å². The van der Waals surface area contributed by atoms with Crippen LogP contribution in [0.3, 0.4) is 0 Å². The van der Waals surface area contributed by atoms with Crippen LogP contribution in [-0.4, -0.2) is 5.91 Å². The van der Waals surface area contributed by atoms with Crippen LogP contribution in [0.15, 0.2) is 34.8 Å². The maximum atomic E-state index is 13.7. The molecule has 2 rings (SSSR count). The molecule has 3 N–H and O–H groups in total. The van der Waals surface area contributed by atoms with E-state index in [0.717, 1.165) is 12.1 Å². The predicted octanol–water partition coefficient (Wildman–Crippen LogP) is 3.87. The molecular weight excluding hydrogens is 330 g/mol. The zero-order chi connectivity index (χ0) is 14.9. The molecule has 2 aromatic carbocycles. The van der Waals surface area contributed by atoms with Gasteiger partial charge < -0.3 is 11.1 Å². The quantitative estimate of drug-likeness (QED) is 0.644. The molecule has 2 aromatic rings. The van der Waals surface area contributed by atoms with Crippen LogP contribution in [0.1, 0.15) is 15.9 Å². The highest BCUT2D eigenvalue weighted by Crippen LogP contribution is 2.25. The Kier molecular flexibility index (Phi) is 4.04. The third kappa shape index (κ3) is 2.80. The standard InChI is InChI=1S/C14H11BrF2N2O/c1-7-3-2-4-11(18)13(7)14(20)19-12-6-9(16)8(15)5-10(12)17/h2-6H,18H2,1H3,(H,19,20). The maximum absolute atomic E-state index is 13.7. The van der Waals surface area contributed by atoms with Gasteiger partial charge in [-0.05, 0) is 40.5 Å². The smallest absolute Gasteiger partial charge is 0.258 e. The van der Waals surface area contributed by atoms with Gasteiger partial charge in [-0.3, -0.25) is 4.79 Å². The van der Waals surface area contributed by atoms with E-state index in [0.29, 0.717) is 5.56 Å². The van der Waals surface area contributed by atoms with Gasteiger partial charge in [0.25, 0.3) is 5.91 Å². The first-order valence-electron chi connectivity index (χ1n) is 5.71. The number of aryl methyl sites for hydroxylation is 1. The number of amides is 1. The van der Waals surface area contributed by atoms with Crippen LogP contribution in [0.5, 0.6) is 0 Å². The Hall–Kier alpha value is -1.95. The molecule has 0 aliphatic carbocycles. The van der Waals surface area contributed by atoms with E-state index in [4.69, 9.17) is 5.73 Å². The number of hydrogen-bond donors (Lipinski definition) is 2. The van der Waals surface area contributed by atoms with E-state index < -0.39 is 17.5 Å². The second kappa shape index (κ2) is 5.58. The molecule has 1 amide bonds. The first-order chi connectivity index (χ1) is 9.40. The molecule has 104 valence electrons. The van der Waals surface area contributed by atoms with E-state index in [2.05, 4.69) is 21.2 Å². The van der Waals surface area contributed by atoms with Crippen LogP contribution >= 0.6 is 15.9 Å². The molecule has 0 radical (unpaired) electrons. The molecule has 3 nitrogen and oxygen atoms in total. The van der Waals surface area contributed by atoms with Gasteiger partial charge in [0, 0.05) is 11.8 Å². The van der Waals surface area contributed by atoms with Gasteiger partial charge in [0.1, 0.15) is 11.6 Å². The average molecular weight is 341 g/mol. The van der Waals surface area contributed by atoms with Crippen molar-refractivity contribution in [2.75, 3.05) is 11.1 Å². The molecule has 0 aliphatic heterocycles. The molecular formula is C14H11BrF2N2O. The second-order valence-corrected chi connectivity index (χ2v) is 5.09. The lowest BCUT2D eigenvalue weighted by Crippen LogP contribution is -2.16. The number of hydrogen-bond acceptors (Lipinski definition) is 2. The number of nitrogens with two attached hydrogens (primary N) is 1. The minimum absolute atomic E-state index is 0.0107. The van der Waals surface area contributed by atoms with E-state index >= 15 is 0 Å². The summed E-state index contributed by atoms with van der Waals surface area (Å²) in [4.78, 5) is 12.1. The Morgan fingerprint density at radius 2 is 1.95 bits per heavy atom. The van der Waals surface area contributed by atoms with E-state index in [-0.39, 0.29) is 21.4 Å². The lowest BCUT2D eigenvalue weighted by Gasteiger charge is -2.11. The highest BCUT2D eigenvalue weighted by atomic mass is 79.9. The van der Waals surface area contributed by atoms with Crippen molar-refractivity contribution in [3.8, 4) is 0 Å². The number of nitrogen functional groups attached to an aromatic ring is 1. The Morgan fingerprint density at radius 1 is 1.25 bits per heavy atom. The fourth-order valence-electron chi connectivity index (χ4n) is 1.80. The van der Waals surface area contributed by atoms with Crippen LogP contribution in [-0.2, 0) is 0 Å². The Bertz CT molecular complexity index is 669. The van der Waals surface area contributed by atoms with Gasteiger partial charge >= 0.3 is 0 Å². The molecule has 0 aromatic heterocycles. The van der Waals surface area contributed by atoms with Crippen LogP contribution in [0.2, 0.25) is 0 Å². The third-order valence-corrected chi connectivity index (χ3v) is 3.40. The van der Waals surface area contributed by atoms with E-state index in [9.17, 15) is 13.6 Å². The van der Waals surface area contributed by atoms with E-state index in [1.54, 1.807) is 25.1 Å². The summed E-state index contributed by atoms with van der Waals surface area (Å²) in [6.07, 6.45) is 0. The number of nitrogens with one attached hydrogen (secondary N) is 1. The molecule has 0 heterocycles. The summed E-state index contributed by atoms with van der Waals surface area (Å²) >= 11 is 2.87. The van der Waals surface area contributed by atoms with Gasteiger partial charge in [-0.15, -0.1) is 0 Å². The van der Waals surface area contributed by atoms with Gasteiger partial charge in [-0.1, -0.05) is 12.1 Å². The zero-order valence-electron chi connectivity index (χ0n) is 10.5. The third-order valence-electron chi connectivity index (χ3n) is 2.79. The average Bonchev–Trinajstić information content (AvgIpc) is 2.35. The summed E-state index contributed by atoms with van der Waals surface area (Å²) in [5, 5.41) is 2.32. The van der Waals surface area contributed by atoms with Gasteiger partial charge in [0.2, 0.25) is 0 Å². The fraction of sp³-hybridized carbons (Fsp3) is 0.0714. The van der Waals surface area contributed by atoms with Gasteiger partial charge in [0.15, 0.2) is 0 Å². The van der Waals surface area contributed by atoms with Crippen molar-refractivity contribution < 1.29 is 13.6 Å².